The van der Waals surface area contributed by atoms with Crippen LogP contribution in [0.2, 0.25) is 0 Å². The molecule has 1 aliphatic heterocycles. The lowest BCUT2D eigenvalue weighted by Crippen LogP contribution is -2.34. The second-order valence-electron chi connectivity index (χ2n) is 2.66. The third-order valence-electron chi connectivity index (χ3n) is 1.26. The second kappa shape index (κ2) is 1.72. The highest BCUT2D eigenvalue weighted by molar-refractivity contribution is 7.38. The molecule has 7 heavy (non-hydrogen) atoms. The lowest BCUT2D eigenvalue weighted by atomic mass is 10.1. The predicted molar refractivity (Wildman–Crippen MR) is 35.3 cm³/mol. The molecule has 0 aromatic heterocycles. The Labute approximate surface area is 46.7 Å². The molecular formula is C5H12NP. The van der Waals surface area contributed by atoms with E-state index in [0.29, 0.717) is 5.54 Å². The molecular weight excluding hydrogens is 105 g/mol. The quantitative estimate of drug-likeness (QED) is 0.467. The van der Waals surface area contributed by atoms with E-state index in [-0.39, 0.29) is 0 Å². The zero-order chi connectivity index (χ0) is 5.33. The van der Waals surface area contributed by atoms with Gasteiger partial charge in [0.2, 0.25) is 0 Å². The van der Waals surface area contributed by atoms with Crippen LogP contribution in [0.25, 0.3) is 0 Å². The minimum Gasteiger partial charge on any atom is -0.308 e. The Morgan fingerprint density at radius 1 is 1.57 bits per heavy atom. The normalized spacial score (nSPS) is 31.7. The van der Waals surface area contributed by atoms with Crippen molar-refractivity contribution in [3.8, 4) is 0 Å². The van der Waals surface area contributed by atoms with Gasteiger partial charge in [0.15, 0.2) is 0 Å². The van der Waals surface area contributed by atoms with Crippen LogP contribution >= 0.6 is 8.58 Å². The molecule has 0 aromatic carbocycles. The van der Waals surface area contributed by atoms with E-state index in [1.54, 1.807) is 0 Å². The highest BCUT2D eigenvalue weighted by Crippen LogP contribution is 2.24. The van der Waals surface area contributed by atoms with Crippen LogP contribution in [0.4, 0.5) is 0 Å². The number of nitrogens with one attached hydrogen (secondary N) is 1. The number of hydrogen-bond donors (Lipinski definition) is 1. The fourth-order valence-corrected chi connectivity index (χ4v) is 2.22. The zero-order valence-corrected chi connectivity index (χ0v) is 5.91. The Morgan fingerprint density at radius 3 is 2.43 bits per heavy atom. The molecule has 1 rings (SSSR count). The topological polar surface area (TPSA) is 12.0 Å². The van der Waals surface area contributed by atoms with Gasteiger partial charge in [-0.25, -0.2) is 0 Å². The van der Waals surface area contributed by atoms with Gasteiger partial charge in [0.05, 0.1) is 0 Å². The molecule has 1 aliphatic rings. The SMILES string of the molecule is CC1(C)CPCN1. The van der Waals surface area contributed by atoms with E-state index in [0.717, 1.165) is 8.58 Å². The molecule has 0 aromatic rings. The van der Waals surface area contributed by atoms with Gasteiger partial charge >= 0.3 is 0 Å². The summed E-state index contributed by atoms with van der Waals surface area (Å²) in [7, 11) is 1.15. The monoisotopic (exact) mass is 117 g/mol. The van der Waals surface area contributed by atoms with Crippen LogP contribution in [0.3, 0.4) is 0 Å². The average molecular weight is 117 g/mol. The number of hydrogen-bond acceptors (Lipinski definition) is 1. The van der Waals surface area contributed by atoms with Gasteiger partial charge < -0.3 is 5.32 Å². The van der Waals surface area contributed by atoms with Gasteiger partial charge in [-0.15, -0.1) is 8.58 Å². The average Bonchev–Trinajstić information content (AvgIpc) is 1.84. The van der Waals surface area contributed by atoms with Gasteiger partial charge in [-0.05, 0) is 20.0 Å². The van der Waals surface area contributed by atoms with E-state index >= 15 is 0 Å². The molecule has 1 heterocycles. The van der Waals surface area contributed by atoms with Crippen LogP contribution in [0.1, 0.15) is 13.8 Å². The van der Waals surface area contributed by atoms with Gasteiger partial charge in [0, 0.05) is 11.8 Å². The number of rotatable bonds is 0. The summed E-state index contributed by atoms with van der Waals surface area (Å²) in [6.07, 6.45) is 2.61. The summed E-state index contributed by atoms with van der Waals surface area (Å²) < 4.78 is 0. The van der Waals surface area contributed by atoms with Crippen molar-refractivity contribution in [1.82, 2.24) is 5.32 Å². The van der Waals surface area contributed by atoms with Crippen molar-refractivity contribution in [3.05, 3.63) is 0 Å². The Morgan fingerprint density at radius 2 is 2.29 bits per heavy atom. The van der Waals surface area contributed by atoms with E-state index in [1.807, 2.05) is 0 Å². The van der Waals surface area contributed by atoms with Crippen LogP contribution < -0.4 is 5.32 Å². The first-order valence-corrected chi connectivity index (χ1v) is 4.08. The molecule has 2 heteroatoms. The summed E-state index contributed by atoms with van der Waals surface area (Å²) in [5.41, 5.74) is 0.457. The van der Waals surface area contributed by atoms with Crippen molar-refractivity contribution < 1.29 is 0 Å². The summed E-state index contributed by atoms with van der Waals surface area (Å²) in [6, 6.07) is 0. The molecule has 0 radical (unpaired) electrons. The highest BCUT2D eigenvalue weighted by atomic mass is 31.1. The Hall–Kier alpha value is 0.390. The maximum Gasteiger partial charge on any atom is 0.0165 e. The molecule has 1 atom stereocenters. The van der Waals surface area contributed by atoms with Crippen molar-refractivity contribution >= 4 is 8.58 Å². The first-order chi connectivity index (χ1) is 3.21. The molecule has 0 aliphatic carbocycles. The molecule has 1 fully saturated rings. The molecule has 0 amide bonds. The summed E-state index contributed by atoms with van der Waals surface area (Å²) in [6.45, 7) is 4.51. The van der Waals surface area contributed by atoms with E-state index in [2.05, 4.69) is 19.2 Å². The molecule has 42 valence electrons. The molecule has 0 spiro atoms. The van der Waals surface area contributed by atoms with E-state index in [4.69, 9.17) is 0 Å². The van der Waals surface area contributed by atoms with Crippen LogP contribution in [0.5, 0.6) is 0 Å². The lowest BCUT2D eigenvalue weighted by molar-refractivity contribution is 0.491. The van der Waals surface area contributed by atoms with Gasteiger partial charge in [-0.3, -0.25) is 0 Å². The highest BCUT2D eigenvalue weighted by Gasteiger charge is 2.20. The summed E-state index contributed by atoms with van der Waals surface area (Å²) in [5, 5.41) is 3.41. The first kappa shape index (κ1) is 5.53. The van der Waals surface area contributed by atoms with Crippen molar-refractivity contribution in [3.63, 3.8) is 0 Å². The zero-order valence-electron chi connectivity index (χ0n) is 4.91. The van der Waals surface area contributed by atoms with Crippen molar-refractivity contribution in [2.45, 2.75) is 19.4 Å². The predicted octanol–water partition coefficient (Wildman–Crippen LogP) is 1.00. The fourth-order valence-electron chi connectivity index (χ4n) is 0.739. The maximum absolute atomic E-state index is 3.41. The maximum atomic E-state index is 3.41. The molecule has 0 saturated carbocycles. The third kappa shape index (κ3) is 1.40. The van der Waals surface area contributed by atoms with E-state index in [9.17, 15) is 0 Å². The van der Waals surface area contributed by atoms with Crippen LogP contribution in [0.15, 0.2) is 0 Å². The molecule has 1 N–H and O–H groups in total. The fraction of sp³-hybridized carbons (Fsp3) is 1.00. The van der Waals surface area contributed by atoms with Gasteiger partial charge in [0.1, 0.15) is 0 Å². The van der Waals surface area contributed by atoms with Crippen LogP contribution in [-0.4, -0.2) is 18.0 Å². The van der Waals surface area contributed by atoms with Gasteiger partial charge in [0.25, 0.3) is 0 Å². The van der Waals surface area contributed by atoms with Crippen molar-refractivity contribution in [1.29, 1.82) is 0 Å². The van der Waals surface area contributed by atoms with Crippen molar-refractivity contribution in [2.24, 2.45) is 0 Å². The third-order valence-corrected chi connectivity index (χ3v) is 2.82. The largest absolute Gasteiger partial charge is 0.308 e. The second-order valence-corrected chi connectivity index (χ2v) is 3.87. The smallest absolute Gasteiger partial charge is 0.0165 e. The van der Waals surface area contributed by atoms with E-state index in [1.165, 1.54) is 12.4 Å². The first-order valence-electron chi connectivity index (χ1n) is 2.66. The van der Waals surface area contributed by atoms with Crippen molar-refractivity contribution in [2.75, 3.05) is 12.4 Å². The molecule has 1 nitrogen and oxygen atoms in total. The summed E-state index contributed by atoms with van der Waals surface area (Å²) in [5.74, 6) is 0. The summed E-state index contributed by atoms with van der Waals surface area (Å²) >= 11 is 0. The molecule has 1 saturated heterocycles. The lowest BCUT2D eigenvalue weighted by Gasteiger charge is -2.15. The van der Waals surface area contributed by atoms with Crippen LogP contribution in [-0.2, 0) is 0 Å². The Balaban J connectivity index is 2.40. The van der Waals surface area contributed by atoms with Gasteiger partial charge in [-0.2, -0.15) is 0 Å². The minimum atomic E-state index is 0.457. The standard InChI is InChI=1S/C5H12NP/c1-5(2)3-7-4-6-5/h6-7H,3-4H2,1-2H3. The van der Waals surface area contributed by atoms with E-state index < -0.39 is 0 Å². The summed E-state index contributed by atoms with van der Waals surface area (Å²) in [4.78, 5) is 0. The minimum absolute atomic E-state index is 0.457. The molecule has 1 unspecified atom stereocenters. The van der Waals surface area contributed by atoms with Crippen LogP contribution in [0, 0.1) is 0 Å². The Bertz CT molecular complexity index is 62.5. The molecule has 0 bridgehead atoms. The van der Waals surface area contributed by atoms with Gasteiger partial charge in [-0.1, -0.05) is 0 Å². The Kier molecular flexibility index (Phi) is 1.36.